The summed E-state index contributed by atoms with van der Waals surface area (Å²) in [6, 6.07) is 2.19. The molecule has 0 aromatic rings. The monoisotopic (exact) mass is 224 g/mol. The molecular formula is C13H24N2O. The topological polar surface area (TPSA) is 47.3 Å². The van der Waals surface area contributed by atoms with Gasteiger partial charge in [0.15, 0.2) is 0 Å². The first kappa shape index (κ1) is 13.5. The van der Waals surface area contributed by atoms with Gasteiger partial charge >= 0.3 is 0 Å². The van der Waals surface area contributed by atoms with Crippen molar-refractivity contribution in [2.75, 3.05) is 26.2 Å². The van der Waals surface area contributed by atoms with Crippen LogP contribution in [0.3, 0.4) is 0 Å². The van der Waals surface area contributed by atoms with E-state index in [0.29, 0.717) is 13.0 Å². The molecule has 0 unspecified atom stereocenters. The Morgan fingerprint density at radius 2 is 2.00 bits per heavy atom. The van der Waals surface area contributed by atoms with Crippen LogP contribution >= 0.6 is 0 Å². The number of nitrogens with zero attached hydrogens (tertiary/aromatic N) is 2. The fourth-order valence-electron chi connectivity index (χ4n) is 2.41. The second-order valence-electron chi connectivity index (χ2n) is 4.97. The first-order chi connectivity index (χ1) is 7.76. The Morgan fingerprint density at radius 1 is 1.31 bits per heavy atom. The standard InChI is InChI=1S/C13H24N2O/c1-2-13(12-16)6-10-15(11-7-13)9-5-3-4-8-14/h16H,2-7,9-12H2,1H3. The number of unbranched alkanes of at least 4 members (excludes halogenated alkanes) is 2. The molecule has 3 nitrogen and oxygen atoms in total. The van der Waals surface area contributed by atoms with E-state index in [2.05, 4.69) is 17.9 Å². The van der Waals surface area contributed by atoms with Gasteiger partial charge in [0, 0.05) is 13.0 Å². The van der Waals surface area contributed by atoms with E-state index in [9.17, 15) is 5.11 Å². The van der Waals surface area contributed by atoms with E-state index in [1.165, 1.54) is 0 Å². The lowest BCUT2D eigenvalue weighted by atomic mass is 9.77. The van der Waals surface area contributed by atoms with Gasteiger partial charge in [0.1, 0.15) is 0 Å². The molecule has 1 rings (SSSR count). The van der Waals surface area contributed by atoms with Gasteiger partial charge in [0.2, 0.25) is 0 Å². The van der Waals surface area contributed by atoms with Gasteiger partial charge in [0.25, 0.3) is 0 Å². The lowest BCUT2D eigenvalue weighted by molar-refractivity contribution is 0.0405. The van der Waals surface area contributed by atoms with Crippen molar-refractivity contribution in [3.05, 3.63) is 0 Å². The van der Waals surface area contributed by atoms with E-state index in [4.69, 9.17) is 5.26 Å². The van der Waals surface area contributed by atoms with Crippen LogP contribution in [0, 0.1) is 16.7 Å². The van der Waals surface area contributed by atoms with Gasteiger partial charge in [-0.2, -0.15) is 5.26 Å². The van der Waals surface area contributed by atoms with Crippen molar-refractivity contribution in [1.29, 1.82) is 5.26 Å². The molecule has 0 aromatic heterocycles. The minimum Gasteiger partial charge on any atom is -0.396 e. The molecule has 0 bridgehead atoms. The number of likely N-dealkylation sites (tertiary alicyclic amines) is 1. The van der Waals surface area contributed by atoms with Gasteiger partial charge in [-0.25, -0.2) is 0 Å². The zero-order valence-corrected chi connectivity index (χ0v) is 10.4. The van der Waals surface area contributed by atoms with Crippen molar-refractivity contribution < 1.29 is 5.11 Å². The summed E-state index contributed by atoms with van der Waals surface area (Å²) in [6.45, 7) is 5.86. The van der Waals surface area contributed by atoms with E-state index in [-0.39, 0.29) is 5.41 Å². The Hall–Kier alpha value is -0.590. The second kappa shape index (κ2) is 6.88. The number of piperidine rings is 1. The number of aliphatic hydroxyl groups excluding tert-OH is 1. The molecule has 3 heteroatoms. The summed E-state index contributed by atoms with van der Waals surface area (Å²) in [6.07, 6.45) is 6.17. The molecule has 92 valence electrons. The largest absolute Gasteiger partial charge is 0.396 e. The van der Waals surface area contributed by atoms with Crippen LogP contribution in [0.4, 0.5) is 0 Å². The third-order valence-electron chi connectivity index (χ3n) is 4.02. The average molecular weight is 224 g/mol. The predicted molar refractivity (Wildman–Crippen MR) is 64.9 cm³/mol. The number of aliphatic hydroxyl groups is 1. The van der Waals surface area contributed by atoms with Crippen LogP contribution in [-0.4, -0.2) is 36.2 Å². The highest BCUT2D eigenvalue weighted by molar-refractivity contribution is 4.84. The van der Waals surface area contributed by atoms with Gasteiger partial charge in [-0.1, -0.05) is 6.92 Å². The molecule has 1 aliphatic rings. The SMILES string of the molecule is CCC1(CO)CCN(CCCCC#N)CC1. The average Bonchev–Trinajstić information content (AvgIpc) is 2.36. The second-order valence-corrected chi connectivity index (χ2v) is 4.97. The van der Waals surface area contributed by atoms with Crippen molar-refractivity contribution in [2.24, 2.45) is 5.41 Å². The Kier molecular flexibility index (Phi) is 5.79. The first-order valence-electron chi connectivity index (χ1n) is 6.46. The lowest BCUT2D eigenvalue weighted by Gasteiger charge is -2.40. The smallest absolute Gasteiger partial charge is 0.0621 e. The summed E-state index contributed by atoms with van der Waals surface area (Å²) in [4.78, 5) is 2.47. The molecular weight excluding hydrogens is 200 g/mol. The molecule has 1 fully saturated rings. The number of rotatable bonds is 6. The van der Waals surface area contributed by atoms with Gasteiger partial charge in [0.05, 0.1) is 6.07 Å². The van der Waals surface area contributed by atoms with Crippen molar-refractivity contribution in [2.45, 2.75) is 45.4 Å². The van der Waals surface area contributed by atoms with E-state index < -0.39 is 0 Å². The Labute approximate surface area is 99.1 Å². The van der Waals surface area contributed by atoms with E-state index >= 15 is 0 Å². The van der Waals surface area contributed by atoms with Crippen LogP contribution in [-0.2, 0) is 0 Å². The van der Waals surface area contributed by atoms with Crippen molar-refractivity contribution >= 4 is 0 Å². The number of hydrogen-bond donors (Lipinski definition) is 1. The zero-order valence-electron chi connectivity index (χ0n) is 10.4. The van der Waals surface area contributed by atoms with Crippen molar-refractivity contribution in [3.63, 3.8) is 0 Å². The van der Waals surface area contributed by atoms with Crippen molar-refractivity contribution in [3.8, 4) is 6.07 Å². The molecule has 0 atom stereocenters. The van der Waals surface area contributed by atoms with E-state index in [0.717, 1.165) is 51.7 Å². The molecule has 1 N–H and O–H groups in total. The molecule has 1 aliphatic heterocycles. The number of nitriles is 1. The summed E-state index contributed by atoms with van der Waals surface area (Å²) in [5, 5.41) is 17.9. The Bertz CT molecular complexity index is 221. The third kappa shape index (κ3) is 3.77. The van der Waals surface area contributed by atoms with Crippen LogP contribution in [0.1, 0.15) is 45.4 Å². The molecule has 1 heterocycles. The van der Waals surface area contributed by atoms with Gasteiger partial charge in [-0.05, 0) is 57.2 Å². The predicted octanol–water partition coefficient (Wildman–Crippen LogP) is 2.16. The van der Waals surface area contributed by atoms with Gasteiger partial charge < -0.3 is 10.0 Å². The van der Waals surface area contributed by atoms with E-state index in [1.807, 2.05) is 0 Å². The van der Waals surface area contributed by atoms with Gasteiger partial charge in [-0.15, -0.1) is 0 Å². The van der Waals surface area contributed by atoms with Gasteiger partial charge in [-0.3, -0.25) is 0 Å². The molecule has 0 aliphatic carbocycles. The highest BCUT2D eigenvalue weighted by Gasteiger charge is 2.31. The summed E-state index contributed by atoms with van der Waals surface area (Å²) in [5.41, 5.74) is 0.198. The highest BCUT2D eigenvalue weighted by atomic mass is 16.3. The first-order valence-corrected chi connectivity index (χ1v) is 6.46. The maximum atomic E-state index is 9.42. The summed E-state index contributed by atoms with van der Waals surface area (Å²) in [7, 11) is 0. The molecule has 0 aromatic carbocycles. The fourth-order valence-corrected chi connectivity index (χ4v) is 2.41. The quantitative estimate of drug-likeness (QED) is 0.703. The molecule has 0 spiro atoms. The molecule has 16 heavy (non-hydrogen) atoms. The minimum atomic E-state index is 0.198. The summed E-state index contributed by atoms with van der Waals surface area (Å²) in [5.74, 6) is 0. The maximum absolute atomic E-state index is 9.42. The van der Waals surface area contributed by atoms with E-state index in [1.54, 1.807) is 0 Å². The minimum absolute atomic E-state index is 0.198. The Balaban J connectivity index is 2.19. The molecule has 0 radical (unpaired) electrons. The normalized spacial score (nSPS) is 20.6. The maximum Gasteiger partial charge on any atom is 0.0621 e. The number of hydrogen-bond acceptors (Lipinski definition) is 3. The van der Waals surface area contributed by atoms with Crippen LogP contribution in [0.25, 0.3) is 0 Å². The zero-order chi connectivity index (χ0) is 11.9. The summed E-state index contributed by atoms with van der Waals surface area (Å²) < 4.78 is 0. The molecule has 0 saturated carbocycles. The summed E-state index contributed by atoms with van der Waals surface area (Å²) >= 11 is 0. The highest BCUT2D eigenvalue weighted by Crippen LogP contribution is 2.34. The fraction of sp³-hybridized carbons (Fsp3) is 0.923. The third-order valence-corrected chi connectivity index (χ3v) is 4.02. The molecule has 0 amide bonds. The van der Waals surface area contributed by atoms with Crippen LogP contribution < -0.4 is 0 Å². The van der Waals surface area contributed by atoms with Crippen LogP contribution in [0.15, 0.2) is 0 Å². The Morgan fingerprint density at radius 3 is 2.50 bits per heavy atom. The lowest BCUT2D eigenvalue weighted by Crippen LogP contribution is -2.42. The molecule has 1 saturated heterocycles. The van der Waals surface area contributed by atoms with Crippen LogP contribution in [0.5, 0.6) is 0 Å². The van der Waals surface area contributed by atoms with Crippen molar-refractivity contribution in [1.82, 2.24) is 4.90 Å². The van der Waals surface area contributed by atoms with Crippen LogP contribution in [0.2, 0.25) is 0 Å².